The number of ether oxygens (including phenoxy) is 2. The van der Waals surface area contributed by atoms with E-state index in [2.05, 4.69) is 12.2 Å². The Labute approximate surface area is 234 Å². The molecule has 0 bridgehead atoms. The van der Waals surface area contributed by atoms with Gasteiger partial charge in [-0.2, -0.15) is 11.8 Å². The lowest BCUT2D eigenvalue weighted by atomic mass is 10.0. The summed E-state index contributed by atoms with van der Waals surface area (Å²) in [5.74, 6) is 2.27. The molecule has 6 heteroatoms. The van der Waals surface area contributed by atoms with E-state index in [4.69, 9.17) is 9.47 Å². The molecule has 0 heterocycles. The van der Waals surface area contributed by atoms with Gasteiger partial charge in [-0.3, -0.25) is 4.79 Å². The Morgan fingerprint density at radius 3 is 2.05 bits per heavy atom. The molecule has 1 amide bonds. The van der Waals surface area contributed by atoms with Crippen molar-refractivity contribution in [2.45, 2.75) is 90.5 Å². The number of unbranched alkanes of at least 4 members (excludes halogenated alkanes) is 9. The van der Waals surface area contributed by atoms with Gasteiger partial charge in [0.2, 0.25) is 0 Å². The standard InChI is InChI=1S/C32H47NO4S/c1-3-5-6-7-8-9-10-11-12-16-24-38-25-23-37-29-21-19-27(20-22-29)26-30(32(35)36-4-2)33-31(34)28-17-14-13-15-18-28/h13-15,17-22,30H,3-12,16,23-26H2,1-2H3,(H,33,34)/t30-/m0/s1. The number of carbonyl (C=O) groups excluding carboxylic acids is 2. The Balaban J connectivity index is 1.62. The largest absolute Gasteiger partial charge is 0.493 e. The lowest BCUT2D eigenvalue weighted by Gasteiger charge is -2.18. The molecule has 0 spiro atoms. The van der Waals surface area contributed by atoms with Crippen LogP contribution in [0.5, 0.6) is 5.75 Å². The Kier molecular flexibility index (Phi) is 17.1. The summed E-state index contributed by atoms with van der Waals surface area (Å²) < 4.78 is 11.1. The molecule has 0 radical (unpaired) electrons. The number of nitrogens with one attached hydrogen (secondary N) is 1. The van der Waals surface area contributed by atoms with Gasteiger partial charge in [0, 0.05) is 17.7 Å². The van der Waals surface area contributed by atoms with Crippen LogP contribution in [-0.2, 0) is 16.0 Å². The summed E-state index contributed by atoms with van der Waals surface area (Å²) in [4.78, 5) is 25.1. The smallest absolute Gasteiger partial charge is 0.328 e. The predicted octanol–water partition coefficient (Wildman–Crippen LogP) is 7.62. The maximum Gasteiger partial charge on any atom is 0.328 e. The number of esters is 1. The molecule has 0 saturated heterocycles. The maximum atomic E-state index is 12.6. The molecule has 1 atom stereocenters. The minimum absolute atomic E-state index is 0.264. The third-order valence-electron chi connectivity index (χ3n) is 6.41. The Bertz CT molecular complexity index is 888. The van der Waals surface area contributed by atoms with Crippen LogP contribution < -0.4 is 10.1 Å². The average molecular weight is 542 g/mol. The molecule has 0 fully saturated rings. The van der Waals surface area contributed by atoms with E-state index in [-0.39, 0.29) is 12.5 Å². The first-order valence-electron chi connectivity index (χ1n) is 14.5. The van der Waals surface area contributed by atoms with Crippen molar-refractivity contribution in [2.75, 3.05) is 24.7 Å². The summed E-state index contributed by atoms with van der Waals surface area (Å²) in [6.45, 7) is 4.97. The minimum atomic E-state index is -0.753. The number of rotatable bonds is 21. The zero-order chi connectivity index (χ0) is 27.3. The molecule has 2 aromatic carbocycles. The van der Waals surface area contributed by atoms with Gasteiger partial charge in [-0.15, -0.1) is 0 Å². The van der Waals surface area contributed by atoms with Crippen molar-refractivity contribution in [1.29, 1.82) is 0 Å². The minimum Gasteiger partial charge on any atom is -0.493 e. The summed E-state index contributed by atoms with van der Waals surface area (Å²) in [5, 5.41) is 2.82. The highest BCUT2D eigenvalue weighted by Crippen LogP contribution is 2.16. The lowest BCUT2D eigenvalue weighted by molar-refractivity contribution is -0.145. The molecule has 0 saturated carbocycles. The second-order valence-corrected chi connectivity index (χ2v) is 10.9. The molecule has 210 valence electrons. The fraction of sp³-hybridized carbons (Fsp3) is 0.562. The molecule has 1 N–H and O–H groups in total. The van der Waals surface area contributed by atoms with Crippen LogP contribution in [0.4, 0.5) is 0 Å². The Morgan fingerprint density at radius 2 is 1.42 bits per heavy atom. The Morgan fingerprint density at radius 1 is 0.789 bits per heavy atom. The molecular formula is C32H47NO4S. The maximum absolute atomic E-state index is 12.6. The predicted molar refractivity (Wildman–Crippen MR) is 159 cm³/mol. The zero-order valence-electron chi connectivity index (χ0n) is 23.4. The van der Waals surface area contributed by atoms with Gasteiger partial charge < -0.3 is 14.8 Å². The van der Waals surface area contributed by atoms with E-state index in [1.165, 1.54) is 70.0 Å². The topological polar surface area (TPSA) is 64.6 Å². The molecule has 0 aliphatic rings. The van der Waals surface area contributed by atoms with E-state index < -0.39 is 12.0 Å². The fourth-order valence-corrected chi connectivity index (χ4v) is 5.05. The van der Waals surface area contributed by atoms with Crippen molar-refractivity contribution in [3.8, 4) is 5.75 Å². The molecule has 2 aromatic rings. The molecule has 0 aromatic heterocycles. The number of hydrogen-bond donors (Lipinski definition) is 1. The summed E-state index contributed by atoms with van der Waals surface area (Å²) in [6.07, 6.45) is 14.1. The molecular weight excluding hydrogens is 494 g/mol. The molecule has 2 rings (SSSR count). The third kappa shape index (κ3) is 13.9. The number of thioether (sulfide) groups is 1. The first kappa shape index (κ1) is 31.7. The quantitative estimate of drug-likeness (QED) is 0.130. The average Bonchev–Trinajstić information content (AvgIpc) is 2.94. The third-order valence-corrected chi connectivity index (χ3v) is 7.45. The van der Waals surface area contributed by atoms with Crippen LogP contribution in [-0.4, -0.2) is 42.6 Å². The van der Waals surface area contributed by atoms with Gasteiger partial charge in [0.1, 0.15) is 11.8 Å². The normalized spacial score (nSPS) is 11.6. The van der Waals surface area contributed by atoms with Crippen molar-refractivity contribution in [3.05, 3.63) is 65.7 Å². The molecule has 5 nitrogen and oxygen atoms in total. The van der Waals surface area contributed by atoms with E-state index in [1.54, 1.807) is 31.2 Å². The van der Waals surface area contributed by atoms with E-state index in [9.17, 15) is 9.59 Å². The molecule has 0 unspecified atom stereocenters. The van der Waals surface area contributed by atoms with Gasteiger partial charge in [-0.05, 0) is 48.9 Å². The molecule has 38 heavy (non-hydrogen) atoms. The number of carbonyl (C=O) groups is 2. The van der Waals surface area contributed by atoms with Crippen LogP contribution in [0.15, 0.2) is 54.6 Å². The fourth-order valence-electron chi connectivity index (χ4n) is 4.24. The summed E-state index contributed by atoms with van der Waals surface area (Å²) >= 11 is 1.96. The van der Waals surface area contributed by atoms with Crippen molar-refractivity contribution < 1.29 is 19.1 Å². The highest BCUT2D eigenvalue weighted by molar-refractivity contribution is 7.99. The monoisotopic (exact) mass is 541 g/mol. The lowest BCUT2D eigenvalue weighted by Crippen LogP contribution is -2.43. The van der Waals surface area contributed by atoms with Gasteiger partial charge in [0.05, 0.1) is 13.2 Å². The van der Waals surface area contributed by atoms with Crippen LogP contribution in [0.3, 0.4) is 0 Å². The second kappa shape index (κ2) is 20.5. The summed E-state index contributed by atoms with van der Waals surface area (Å²) in [7, 11) is 0. The SMILES string of the molecule is CCCCCCCCCCCCSCCOc1ccc(C[C@H](NC(=O)c2ccccc2)C(=O)OCC)cc1. The van der Waals surface area contributed by atoms with Crippen molar-refractivity contribution in [3.63, 3.8) is 0 Å². The van der Waals surface area contributed by atoms with Crippen molar-refractivity contribution in [2.24, 2.45) is 0 Å². The number of amides is 1. The van der Waals surface area contributed by atoms with Gasteiger partial charge in [0.25, 0.3) is 5.91 Å². The summed E-state index contributed by atoms with van der Waals surface area (Å²) in [6, 6.07) is 15.8. The van der Waals surface area contributed by atoms with Gasteiger partial charge >= 0.3 is 5.97 Å². The zero-order valence-corrected chi connectivity index (χ0v) is 24.2. The second-order valence-electron chi connectivity index (χ2n) is 9.64. The van der Waals surface area contributed by atoms with E-state index in [1.807, 2.05) is 42.1 Å². The highest BCUT2D eigenvalue weighted by Gasteiger charge is 2.23. The van der Waals surface area contributed by atoms with Crippen molar-refractivity contribution >= 4 is 23.6 Å². The molecule has 0 aliphatic heterocycles. The van der Waals surface area contributed by atoms with Gasteiger partial charge in [-0.1, -0.05) is 95.0 Å². The van der Waals surface area contributed by atoms with Crippen molar-refractivity contribution in [1.82, 2.24) is 5.32 Å². The van der Waals surface area contributed by atoms with E-state index >= 15 is 0 Å². The number of hydrogen-bond acceptors (Lipinski definition) is 5. The molecule has 0 aliphatic carbocycles. The Hall–Kier alpha value is -2.47. The first-order valence-corrected chi connectivity index (χ1v) is 15.6. The number of benzene rings is 2. The van der Waals surface area contributed by atoms with Gasteiger partial charge in [0.15, 0.2) is 0 Å². The van der Waals surface area contributed by atoms with Crippen LogP contribution in [0.2, 0.25) is 0 Å². The first-order chi connectivity index (χ1) is 18.6. The van der Waals surface area contributed by atoms with Crippen LogP contribution in [0.25, 0.3) is 0 Å². The highest BCUT2D eigenvalue weighted by atomic mass is 32.2. The van der Waals surface area contributed by atoms with Crippen LogP contribution in [0.1, 0.15) is 94.0 Å². The van der Waals surface area contributed by atoms with Crippen LogP contribution in [0, 0.1) is 0 Å². The summed E-state index contributed by atoms with van der Waals surface area (Å²) in [5.41, 5.74) is 1.44. The van der Waals surface area contributed by atoms with Gasteiger partial charge in [-0.25, -0.2) is 4.79 Å². The van der Waals surface area contributed by atoms with Crippen LogP contribution >= 0.6 is 11.8 Å². The van der Waals surface area contributed by atoms with E-state index in [0.717, 1.165) is 17.1 Å². The van der Waals surface area contributed by atoms with E-state index in [0.29, 0.717) is 18.6 Å².